The van der Waals surface area contributed by atoms with Crippen LogP contribution in [0, 0.1) is 11.8 Å². The molecule has 1 aliphatic rings. The van der Waals surface area contributed by atoms with Crippen LogP contribution in [0.25, 0.3) is 10.1 Å². The minimum atomic E-state index is -0.739. The number of ether oxygens (including phenoxy) is 1. The number of aliphatic carboxylic acids is 1. The minimum Gasteiger partial charge on any atom is -0.482 e. The zero-order chi connectivity index (χ0) is 20.1. The number of hydrogen-bond acceptors (Lipinski definition) is 4. The number of hydrogen-bond donors (Lipinski definition) is 2. The molecule has 0 amide bonds. The molecule has 1 aliphatic carbocycles. The quantitative estimate of drug-likeness (QED) is 0.350. The number of rotatable bonds is 10. The molecule has 3 rings (SSSR count). The van der Waals surface area contributed by atoms with E-state index in [1.807, 2.05) is 24.3 Å². The van der Waals surface area contributed by atoms with Crippen molar-refractivity contribution in [1.82, 2.24) is 0 Å². The Morgan fingerprint density at radius 3 is 2.68 bits per heavy atom. The summed E-state index contributed by atoms with van der Waals surface area (Å²) in [7, 11) is 0. The molecule has 0 radical (unpaired) electrons. The largest absolute Gasteiger partial charge is 0.482 e. The topological polar surface area (TPSA) is 66.8 Å². The first-order valence-electron chi connectivity index (χ1n) is 9.81. The number of thiophene rings is 1. The van der Waals surface area contributed by atoms with Crippen molar-refractivity contribution in [2.75, 3.05) is 6.61 Å². The smallest absolute Gasteiger partial charge is 0.303 e. The number of fused-ring (bicyclic) bond motifs is 1. The molecule has 1 fully saturated rings. The Morgan fingerprint density at radius 1 is 1.18 bits per heavy atom. The highest BCUT2D eigenvalue weighted by molar-refractivity contribution is 7.21. The van der Waals surface area contributed by atoms with Crippen LogP contribution >= 0.6 is 34.5 Å². The summed E-state index contributed by atoms with van der Waals surface area (Å²) in [6.07, 6.45) is 4.86. The predicted octanol–water partition coefficient (Wildman–Crippen LogP) is 5.96. The molecule has 0 saturated heterocycles. The monoisotopic (exact) mass is 444 g/mol. The number of halogens is 2. The second-order valence-corrected chi connectivity index (χ2v) is 9.46. The number of aliphatic hydroxyl groups excluding tert-OH is 1. The number of carbonyl (C=O) groups is 1. The molecule has 7 heteroatoms. The lowest BCUT2D eigenvalue weighted by Crippen LogP contribution is -2.27. The maximum atomic E-state index is 10.6. The van der Waals surface area contributed by atoms with Gasteiger partial charge in [-0.2, -0.15) is 0 Å². The molecule has 1 saturated carbocycles. The fourth-order valence-corrected chi connectivity index (χ4v) is 5.87. The second kappa shape index (κ2) is 10.1. The maximum Gasteiger partial charge on any atom is 0.303 e. The van der Waals surface area contributed by atoms with Gasteiger partial charge in [0, 0.05) is 27.8 Å². The van der Waals surface area contributed by atoms with Gasteiger partial charge in [-0.05, 0) is 31.2 Å². The van der Waals surface area contributed by atoms with Crippen LogP contribution in [0.1, 0.15) is 44.9 Å². The summed E-state index contributed by atoms with van der Waals surface area (Å²) < 4.78 is 7.11. The first-order valence-corrected chi connectivity index (χ1v) is 11.4. The fraction of sp³-hybridized carbons (Fsp3) is 0.571. The van der Waals surface area contributed by atoms with Crippen molar-refractivity contribution in [3.63, 3.8) is 0 Å². The molecular weight excluding hydrogens is 419 g/mol. The maximum absolute atomic E-state index is 10.6. The Bertz CT molecular complexity index is 794. The Kier molecular flexibility index (Phi) is 7.86. The minimum absolute atomic E-state index is 0.0113. The molecule has 0 spiro atoms. The van der Waals surface area contributed by atoms with Crippen molar-refractivity contribution in [3.8, 4) is 5.06 Å². The number of benzene rings is 1. The summed E-state index contributed by atoms with van der Waals surface area (Å²) in [5.41, 5.74) is 0. The van der Waals surface area contributed by atoms with E-state index >= 15 is 0 Å². The number of alkyl halides is 1. The van der Waals surface area contributed by atoms with E-state index in [0.29, 0.717) is 29.5 Å². The number of unbranched alkanes of at least 4 members (excludes halogenated alkanes) is 3. The Balaban J connectivity index is 1.53. The van der Waals surface area contributed by atoms with Gasteiger partial charge in [-0.1, -0.05) is 60.4 Å². The SMILES string of the molecule is O=C(O)CCCCCC[C@H]1C(Cl)C[C@@H](O)[C@@H]1COc1sc2ccccc2c1Cl. The molecule has 1 heterocycles. The second-order valence-electron chi connectivity index (χ2n) is 7.50. The van der Waals surface area contributed by atoms with Crippen molar-refractivity contribution < 1.29 is 19.7 Å². The molecule has 154 valence electrons. The van der Waals surface area contributed by atoms with Crippen molar-refractivity contribution in [3.05, 3.63) is 29.3 Å². The van der Waals surface area contributed by atoms with E-state index in [9.17, 15) is 9.90 Å². The summed E-state index contributed by atoms with van der Waals surface area (Å²) >= 11 is 14.5. The van der Waals surface area contributed by atoms with Crippen LogP contribution in [0.3, 0.4) is 0 Å². The Labute approximate surface area is 179 Å². The van der Waals surface area contributed by atoms with Crippen molar-refractivity contribution in [2.24, 2.45) is 11.8 Å². The zero-order valence-corrected chi connectivity index (χ0v) is 18.0. The summed E-state index contributed by atoms with van der Waals surface area (Å²) in [6, 6.07) is 7.93. The van der Waals surface area contributed by atoms with E-state index in [-0.39, 0.29) is 23.6 Å². The molecule has 1 unspecified atom stereocenters. The lowest BCUT2D eigenvalue weighted by molar-refractivity contribution is -0.137. The molecule has 4 nitrogen and oxygen atoms in total. The van der Waals surface area contributed by atoms with Gasteiger partial charge in [-0.15, -0.1) is 11.6 Å². The highest BCUT2D eigenvalue weighted by Gasteiger charge is 2.41. The van der Waals surface area contributed by atoms with E-state index < -0.39 is 12.1 Å². The van der Waals surface area contributed by atoms with Gasteiger partial charge >= 0.3 is 5.97 Å². The molecule has 0 bridgehead atoms. The van der Waals surface area contributed by atoms with Crippen molar-refractivity contribution >= 4 is 50.6 Å². The van der Waals surface area contributed by atoms with Gasteiger partial charge in [0.05, 0.1) is 12.7 Å². The number of carboxylic acid groups (broad SMARTS) is 1. The molecule has 0 aliphatic heterocycles. The number of carboxylic acids is 1. The van der Waals surface area contributed by atoms with E-state index in [0.717, 1.165) is 35.8 Å². The Morgan fingerprint density at radius 2 is 1.93 bits per heavy atom. The highest BCUT2D eigenvalue weighted by Crippen LogP contribution is 2.44. The fourth-order valence-electron chi connectivity index (χ4n) is 4.03. The third-order valence-electron chi connectivity index (χ3n) is 5.57. The molecular formula is C21H26Cl2O4S. The van der Waals surface area contributed by atoms with Gasteiger partial charge in [0.25, 0.3) is 0 Å². The molecule has 4 atom stereocenters. The van der Waals surface area contributed by atoms with Gasteiger partial charge in [0.2, 0.25) is 0 Å². The lowest BCUT2D eigenvalue weighted by Gasteiger charge is -2.23. The third-order valence-corrected chi connectivity index (χ3v) is 7.64. The average Bonchev–Trinajstić information content (AvgIpc) is 3.12. The van der Waals surface area contributed by atoms with Crippen LogP contribution in [-0.4, -0.2) is 34.3 Å². The van der Waals surface area contributed by atoms with Gasteiger partial charge in [0.1, 0.15) is 5.02 Å². The lowest BCUT2D eigenvalue weighted by atomic mass is 9.90. The first-order chi connectivity index (χ1) is 13.5. The highest BCUT2D eigenvalue weighted by atomic mass is 35.5. The van der Waals surface area contributed by atoms with Gasteiger partial charge in [0.15, 0.2) is 5.06 Å². The molecule has 28 heavy (non-hydrogen) atoms. The van der Waals surface area contributed by atoms with E-state index in [1.165, 1.54) is 11.3 Å². The number of aliphatic hydroxyl groups is 1. The van der Waals surface area contributed by atoms with Gasteiger partial charge in [-0.25, -0.2) is 0 Å². The molecule has 2 N–H and O–H groups in total. The van der Waals surface area contributed by atoms with E-state index in [4.69, 9.17) is 33.0 Å². The van der Waals surface area contributed by atoms with Crippen LogP contribution in [-0.2, 0) is 4.79 Å². The van der Waals surface area contributed by atoms with E-state index in [1.54, 1.807) is 0 Å². The summed E-state index contributed by atoms with van der Waals surface area (Å²) in [6.45, 7) is 0.403. The molecule has 1 aromatic heterocycles. The third kappa shape index (κ3) is 5.32. The first kappa shape index (κ1) is 21.7. The average molecular weight is 445 g/mol. The van der Waals surface area contributed by atoms with Gasteiger partial charge < -0.3 is 14.9 Å². The Hall–Kier alpha value is -1.01. The van der Waals surface area contributed by atoms with Gasteiger partial charge in [-0.3, -0.25) is 4.79 Å². The molecule has 1 aromatic carbocycles. The van der Waals surface area contributed by atoms with E-state index in [2.05, 4.69) is 0 Å². The van der Waals surface area contributed by atoms with Crippen molar-refractivity contribution in [2.45, 2.75) is 56.4 Å². The molecule has 2 aromatic rings. The summed E-state index contributed by atoms with van der Waals surface area (Å²) in [5, 5.41) is 21.4. The standard InChI is InChI=1S/C21H26Cl2O4S/c22-16-11-17(24)15(13(16)7-3-1-2-4-10-19(25)26)12-27-21-20(23)14-8-5-6-9-18(14)28-21/h5-6,8-9,13,15-17,24H,1-4,7,10-12H2,(H,25,26)/t13-,15-,16?,17-/m1/s1. The van der Waals surface area contributed by atoms with Crippen LogP contribution in [0.15, 0.2) is 24.3 Å². The van der Waals surface area contributed by atoms with Crippen LogP contribution in [0.4, 0.5) is 0 Å². The van der Waals surface area contributed by atoms with Crippen LogP contribution in [0.2, 0.25) is 5.02 Å². The summed E-state index contributed by atoms with van der Waals surface area (Å²) in [5.74, 6) is -0.552. The normalized spacial score (nSPS) is 24.7. The van der Waals surface area contributed by atoms with Crippen LogP contribution < -0.4 is 4.74 Å². The zero-order valence-electron chi connectivity index (χ0n) is 15.7. The van der Waals surface area contributed by atoms with Crippen LogP contribution in [0.5, 0.6) is 5.06 Å². The predicted molar refractivity (Wildman–Crippen MR) is 115 cm³/mol. The summed E-state index contributed by atoms with van der Waals surface area (Å²) in [4.78, 5) is 10.6. The van der Waals surface area contributed by atoms with Crippen molar-refractivity contribution in [1.29, 1.82) is 0 Å².